The summed E-state index contributed by atoms with van der Waals surface area (Å²) in [5.41, 5.74) is 4.67. The minimum atomic E-state index is 0.492. The van der Waals surface area contributed by atoms with Crippen molar-refractivity contribution in [3.8, 4) is 0 Å². The minimum absolute atomic E-state index is 0.492. The molecule has 0 saturated carbocycles. The molecule has 0 fully saturated rings. The SMILES string of the molecule is Cc1ccc(Nc2nncc(NCCc3ccccc3)n2)c(C)c1. The van der Waals surface area contributed by atoms with Gasteiger partial charge in [0.05, 0.1) is 6.20 Å². The molecule has 24 heavy (non-hydrogen) atoms. The minimum Gasteiger partial charge on any atom is -0.368 e. The predicted octanol–water partition coefficient (Wildman–Crippen LogP) is 3.89. The first-order valence-electron chi connectivity index (χ1n) is 8.02. The van der Waals surface area contributed by atoms with Crippen LogP contribution in [0.1, 0.15) is 16.7 Å². The van der Waals surface area contributed by atoms with E-state index < -0.39 is 0 Å². The van der Waals surface area contributed by atoms with Crippen molar-refractivity contribution in [2.45, 2.75) is 20.3 Å². The summed E-state index contributed by atoms with van der Waals surface area (Å²) in [5.74, 6) is 1.21. The second-order valence-electron chi connectivity index (χ2n) is 5.77. The van der Waals surface area contributed by atoms with Crippen molar-refractivity contribution in [3.05, 3.63) is 71.4 Å². The first-order valence-corrected chi connectivity index (χ1v) is 8.02. The molecule has 0 bridgehead atoms. The van der Waals surface area contributed by atoms with Gasteiger partial charge in [-0.15, -0.1) is 5.10 Å². The van der Waals surface area contributed by atoms with E-state index in [1.807, 2.05) is 24.3 Å². The van der Waals surface area contributed by atoms with Crippen molar-refractivity contribution >= 4 is 17.5 Å². The van der Waals surface area contributed by atoms with Gasteiger partial charge in [-0.2, -0.15) is 10.1 Å². The topological polar surface area (TPSA) is 62.7 Å². The van der Waals surface area contributed by atoms with Gasteiger partial charge in [-0.1, -0.05) is 48.0 Å². The Bertz CT molecular complexity index is 802. The molecule has 3 rings (SSSR count). The Balaban J connectivity index is 1.61. The molecule has 0 aliphatic carbocycles. The van der Waals surface area contributed by atoms with E-state index in [1.54, 1.807) is 6.20 Å². The van der Waals surface area contributed by atoms with Gasteiger partial charge in [0.25, 0.3) is 0 Å². The van der Waals surface area contributed by atoms with Crippen LogP contribution in [0.2, 0.25) is 0 Å². The fourth-order valence-corrected chi connectivity index (χ4v) is 2.50. The Kier molecular flexibility index (Phi) is 5.01. The Morgan fingerprint density at radius 1 is 1.00 bits per heavy atom. The first-order chi connectivity index (χ1) is 11.7. The fourth-order valence-electron chi connectivity index (χ4n) is 2.50. The van der Waals surface area contributed by atoms with Crippen molar-refractivity contribution < 1.29 is 0 Å². The van der Waals surface area contributed by atoms with E-state index in [0.717, 1.165) is 24.2 Å². The number of aryl methyl sites for hydroxylation is 2. The summed E-state index contributed by atoms with van der Waals surface area (Å²) in [6.45, 7) is 4.93. The number of hydrogen-bond donors (Lipinski definition) is 2. The third kappa shape index (κ3) is 4.29. The molecular formula is C19H21N5. The highest BCUT2D eigenvalue weighted by atomic mass is 15.3. The van der Waals surface area contributed by atoms with Gasteiger partial charge in [0, 0.05) is 12.2 Å². The lowest BCUT2D eigenvalue weighted by atomic mass is 10.1. The van der Waals surface area contributed by atoms with Gasteiger partial charge in [0.2, 0.25) is 5.95 Å². The van der Waals surface area contributed by atoms with Gasteiger partial charge in [-0.3, -0.25) is 0 Å². The van der Waals surface area contributed by atoms with E-state index in [0.29, 0.717) is 11.8 Å². The molecule has 0 saturated heterocycles. The number of hydrogen-bond acceptors (Lipinski definition) is 5. The van der Waals surface area contributed by atoms with Crippen molar-refractivity contribution in [3.63, 3.8) is 0 Å². The van der Waals surface area contributed by atoms with Crippen LogP contribution in [0.15, 0.2) is 54.7 Å². The lowest BCUT2D eigenvalue weighted by Crippen LogP contribution is -2.09. The van der Waals surface area contributed by atoms with E-state index in [2.05, 4.69) is 63.9 Å². The molecule has 0 unspecified atom stereocenters. The number of anilines is 3. The van der Waals surface area contributed by atoms with Gasteiger partial charge in [-0.25, -0.2) is 0 Å². The molecule has 1 heterocycles. The lowest BCUT2D eigenvalue weighted by Gasteiger charge is -2.10. The Hall–Kier alpha value is -2.95. The Morgan fingerprint density at radius 3 is 2.62 bits per heavy atom. The molecule has 0 aliphatic heterocycles. The highest BCUT2D eigenvalue weighted by Gasteiger charge is 2.04. The summed E-state index contributed by atoms with van der Waals surface area (Å²) < 4.78 is 0. The van der Waals surface area contributed by atoms with Gasteiger partial charge in [-0.05, 0) is 37.5 Å². The van der Waals surface area contributed by atoms with Crippen LogP contribution in [0.5, 0.6) is 0 Å². The van der Waals surface area contributed by atoms with Crippen LogP contribution < -0.4 is 10.6 Å². The zero-order chi connectivity index (χ0) is 16.8. The largest absolute Gasteiger partial charge is 0.368 e. The molecule has 1 aromatic heterocycles. The first kappa shape index (κ1) is 15.9. The molecule has 0 aliphatic rings. The number of nitrogens with one attached hydrogen (secondary N) is 2. The number of nitrogens with zero attached hydrogens (tertiary/aromatic N) is 3. The Labute approximate surface area is 142 Å². The number of aromatic nitrogens is 3. The van der Waals surface area contributed by atoms with Crippen LogP contribution >= 0.6 is 0 Å². The van der Waals surface area contributed by atoms with Gasteiger partial charge in [0.15, 0.2) is 5.82 Å². The monoisotopic (exact) mass is 319 g/mol. The maximum Gasteiger partial charge on any atom is 0.249 e. The summed E-state index contributed by atoms with van der Waals surface area (Å²) in [4.78, 5) is 4.47. The molecule has 5 nitrogen and oxygen atoms in total. The molecule has 5 heteroatoms. The standard InChI is InChI=1S/C19H21N5/c1-14-8-9-17(15(2)12-14)22-19-23-18(13-21-24-19)20-11-10-16-6-4-3-5-7-16/h3-9,12-13H,10-11H2,1-2H3,(H2,20,22,23,24). The summed E-state index contributed by atoms with van der Waals surface area (Å²) >= 11 is 0. The molecule has 0 amide bonds. The van der Waals surface area contributed by atoms with E-state index in [4.69, 9.17) is 0 Å². The smallest absolute Gasteiger partial charge is 0.249 e. The Morgan fingerprint density at radius 2 is 1.83 bits per heavy atom. The lowest BCUT2D eigenvalue weighted by molar-refractivity contribution is 0.950. The van der Waals surface area contributed by atoms with Gasteiger partial charge in [0.1, 0.15) is 0 Å². The summed E-state index contributed by atoms with van der Waals surface area (Å²) in [5, 5.41) is 14.6. The number of benzene rings is 2. The molecule has 3 aromatic rings. The molecule has 0 atom stereocenters. The van der Waals surface area contributed by atoms with Crippen molar-refractivity contribution in [1.82, 2.24) is 15.2 Å². The summed E-state index contributed by atoms with van der Waals surface area (Å²) in [6, 6.07) is 16.6. The van der Waals surface area contributed by atoms with E-state index >= 15 is 0 Å². The van der Waals surface area contributed by atoms with Crippen molar-refractivity contribution in [2.75, 3.05) is 17.2 Å². The van der Waals surface area contributed by atoms with E-state index in [-0.39, 0.29) is 0 Å². The van der Waals surface area contributed by atoms with Crippen molar-refractivity contribution in [2.24, 2.45) is 0 Å². The highest BCUT2D eigenvalue weighted by molar-refractivity contribution is 5.59. The molecule has 0 spiro atoms. The van der Waals surface area contributed by atoms with Crippen LogP contribution in [0.3, 0.4) is 0 Å². The maximum atomic E-state index is 4.47. The van der Waals surface area contributed by atoms with E-state index in [1.165, 1.54) is 11.1 Å². The van der Waals surface area contributed by atoms with Crippen LogP contribution in [-0.4, -0.2) is 21.7 Å². The highest BCUT2D eigenvalue weighted by Crippen LogP contribution is 2.19. The second-order valence-corrected chi connectivity index (χ2v) is 5.77. The quantitative estimate of drug-likeness (QED) is 0.722. The molecule has 2 N–H and O–H groups in total. The van der Waals surface area contributed by atoms with Crippen LogP contribution in [-0.2, 0) is 6.42 Å². The third-order valence-corrected chi connectivity index (χ3v) is 3.75. The predicted molar refractivity (Wildman–Crippen MR) is 97.7 cm³/mol. The average Bonchev–Trinajstić information content (AvgIpc) is 2.59. The number of rotatable bonds is 6. The van der Waals surface area contributed by atoms with Crippen LogP contribution in [0, 0.1) is 13.8 Å². The summed E-state index contributed by atoms with van der Waals surface area (Å²) in [6.07, 6.45) is 2.57. The van der Waals surface area contributed by atoms with Gasteiger partial charge < -0.3 is 10.6 Å². The van der Waals surface area contributed by atoms with Crippen LogP contribution in [0.25, 0.3) is 0 Å². The zero-order valence-electron chi connectivity index (χ0n) is 14.0. The normalized spacial score (nSPS) is 10.4. The van der Waals surface area contributed by atoms with Crippen molar-refractivity contribution in [1.29, 1.82) is 0 Å². The molecule has 0 radical (unpaired) electrons. The second kappa shape index (κ2) is 7.55. The van der Waals surface area contributed by atoms with Crippen LogP contribution in [0.4, 0.5) is 17.5 Å². The maximum absolute atomic E-state index is 4.47. The fraction of sp³-hybridized carbons (Fsp3) is 0.211. The molecular weight excluding hydrogens is 298 g/mol. The van der Waals surface area contributed by atoms with E-state index in [9.17, 15) is 0 Å². The molecule has 2 aromatic carbocycles. The van der Waals surface area contributed by atoms with Gasteiger partial charge >= 0.3 is 0 Å². The third-order valence-electron chi connectivity index (χ3n) is 3.75. The zero-order valence-corrected chi connectivity index (χ0v) is 14.0. The summed E-state index contributed by atoms with van der Waals surface area (Å²) in [7, 11) is 0. The average molecular weight is 319 g/mol. The molecule has 122 valence electrons.